The van der Waals surface area contributed by atoms with Crippen molar-refractivity contribution in [1.82, 2.24) is 9.97 Å². The van der Waals surface area contributed by atoms with E-state index in [-0.39, 0.29) is 5.82 Å². The van der Waals surface area contributed by atoms with E-state index in [0.717, 1.165) is 12.0 Å². The summed E-state index contributed by atoms with van der Waals surface area (Å²) in [5, 5.41) is 11.0. The van der Waals surface area contributed by atoms with Gasteiger partial charge in [0.1, 0.15) is 0 Å². The predicted octanol–water partition coefficient (Wildman–Crippen LogP) is 1.24. The van der Waals surface area contributed by atoms with E-state index in [9.17, 15) is 14.9 Å². The second-order valence-electron chi connectivity index (χ2n) is 4.60. The molecule has 3 rings (SSSR count). The number of nitrogens with zero attached hydrogens (tertiary/aromatic N) is 3. The van der Waals surface area contributed by atoms with Crippen molar-refractivity contribution in [3.05, 3.63) is 62.2 Å². The molecule has 1 aliphatic heterocycles. The molecule has 0 aliphatic carbocycles. The van der Waals surface area contributed by atoms with Crippen molar-refractivity contribution in [1.29, 1.82) is 0 Å². The monoisotopic (exact) mass is 272 g/mol. The summed E-state index contributed by atoms with van der Waals surface area (Å²) in [7, 11) is 0. The zero-order chi connectivity index (χ0) is 14.1. The van der Waals surface area contributed by atoms with Gasteiger partial charge >= 0.3 is 11.2 Å². The second-order valence-corrected chi connectivity index (χ2v) is 4.60. The SMILES string of the molecule is O=c1[nH]cnc(N2CCc3ccccc3C2)c1[N+](=O)[O-]. The number of rotatable bonds is 2. The van der Waals surface area contributed by atoms with E-state index < -0.39 is 16.2 Å². The highest BCUT2D eigenvalue weighted by molar-refractivity contribution is 5.57. The average molecular weight is 272 g/mol. The largest absolute Gasteiger partial charge is 0.375 e. The van der Waals surface area contributed by atoms with Crippen LogP contribution in [0.2, 0.25) is 0 Å². The fourth-order valence-corrected chi connectivity index (χ4v) is 2.46. The van der Waals surface area contributed by atoms with E-state index in [1.165, 1.54) is 11.9 Å². The third-order valence-corrected chi connectivity index (χ3v) is 3.42. The molecule has 20 heavy (non-hydrogen) atoms. The van der Waals surface area contributed by atoms with Crippen molar-refractivity contribution < 1.29 is 4.92 Å². The lowest BCUT2D eigenvalue weighted by Gasteiger charge is -2.28. The van der Waals surface area contributed by atoms with Gasteiger partial charge in [0.15, 0.2) is 0 Å². The molecule has 0 unspecified atom stereocenters. The first-order valence-electron chi connectivity index (χ1n) is 6.20. The normalized spacial score (nSPS) is 13.9. The first kappa shape index (κ1) is 12.3. The number of aromatic amines is 1. The number of fused-ring (bicyclic) bond motifs is 1. The Morgan fingerprint density at radius 1 is 1.30 bits per heavy atom. The summed E-state index contributed by atoms with van der Waals surface area (Å²) in [4.78, 5) is 30.0. The van der Waals surface area contributed by atoms with Gasteiger partial charge in [0.25, 0.3) is 0 Å². The van der Waals surface area contributed by atoms with Crippen LogP contribution in [-0.4, -0.2) is 21.4 Å². The molecule has 102 valence electrons. The maximum Gasteiger partial charge on any atom is 0.375 e. The van der Waals surface area contributed by atoms with Gasteiger partial charge in [-0.3, -0.25) is 14.9 Å². The van der Waals surface area contributed by atoms with Crippen LogP contribution in [0, 0.1) is 10.1 Å². The van der Waals surface area contributed by atoms with E-state index >= 15 is 0 Å². The summed E-state index contributed by atoms with van der Waals surface area (Å²) in [6.07, 6.45) is 1.98. The van der Waals surface area contributed by atoms with Crippen molar-refractivity contribution in [3.8, 4) is 0 Å². The Kier molecular flexibility index (Phi) is 2.94. The standard InChI is InChI=1S/C13H12N4O3/c18-13-11(17(19)20)12(14-8-15-13)16-6-5-9-3-1-2-4-10(9)7-16/h1-4,8H,5-7H2,(H,14,15,18). The first-order chi connectivity index (χ1) is 9.66. The van der Waals surface area contributed by atoms with Crippen LogP contribution in [0.3, 0.4) is 0 Å². The van der Waals surface area contributed by atoms with Crippen molar-refractivity contribution in [2.45, 2.75) is 13.0 Å². The molecule has 0 bridgehead atoms. The minimum absolute atomic E-state index is 0.133. The molecular formula is C13H12N4O3. The molecule has 0 spiro atoms. The van der Waals surface area contributed by atoms with Crippen molar-refractivity contribution in [2.75, 3.05) is 11.4 Å². The van der Waals surface area contributed by atoms with Crippen LogP contribution in [0.5, 0.6) is 0 Å². The molecule has 2 heterocycles. The van der Waals surface area contributed by atoms with E-state index in [1.54, 1.807) is 4.90 Å². The third kappa shape index (κ3) is 2.03. The Morgan fingerprint density at radius 3 is 2.80 bits per heavy atom. The van der Waals surface area contributed by atoms with Crippen molar-refractivity contribution >= 4 is 11.5 Å². The van der Waals surface area contributed by atoms with Gasteiger partial charge in [0.2, 0.25) is 5.82 Å². The van der Waals surface area contributed by atoms with Gasteiger partial charge in [-0.2, -0.15) is 0 Å². The molecule has 7 nitrogen and oxygen atoms in total. The quantitative estimate of drug-likeness (QED) is 0.656. The topological polar surface area (TPSA) is 92.1 Å². The molecule has 2 aromatic rings. The van der Waals surface area contributed by atoms with Gasteiger partial charge in [-0.1, -0.05) is 24.3 Å². The molecular weight excluding hydrogens is 260 g/mol. The van der Waals surface area contributed by atoms with Crippen LogP contribution >= 0.6 is 0 Å². The van der Waals surface area contributed by atoms with Gasteiger partial charge in [-0.25, -0.2) is 4.98 Å². The Balaban J connectivity index is 2.02. The highest BCUT2D eigenvalue weighted by Gasteiger charge is 2.27. The number of hydrogen-bond donors (Lipinski definition) is 1. The first-order valence-corrected chi connectivity index (χ1v) is 6.20. The average Bonchev–Trinajstić information content (AvgIpc) is 2.46. The Hall–Kier alpha value is -2.70. The molecule has 1 N–H and O–H groups in total. The zero-order valence-electron chi connectivity index (χ0n) is 10.6. The molecule has 0 saturated carbocycles. The van der Waals surface area contributed by atoms with Crippen LogP contribution in [0.15, 0.2) is 35.4 Å². The zero-order valence-corrected chi connectivity index (χ0v) is 10.6. The van der Waals surface area contributed by atoms with Crippen LogP contribution in [0.25, 0.3) is 0 Å². The number of nitrogens with one attached hydrogen (secondary N) is 1. The van der Waals surface area contributed by atoms with Gasteiger partial charge < -0.3 is 9.88 Å². The second kappa shape index (κ2) is 4.76. The van der Waals surface area contributed by atoms with Gasteiger partial charge in [0.05, 0.1) is 11.3 Å². The van der Waals surface area contributed by atoms with Crippen LogP contribution in [-0.2, 0) is 13.0 Å². The van der Waals surface area contributed by atoms with E-state index in [1.807, 2.05) is 24.3 Å². The van der Waals surface area contributed by atoms with E-state index in [0.29, 0.717) is 13.1 Å². The van der Waals surface area contributed by atoms with Gasteiger partial charge in [0, 0.05) is 13.1 Å². The smallest absolute Gasteiger partial charge is 0.346 e. The lowest BCUT2D eigenvalue weighted by Crippen LogP contribution is -2.33. The van der Waals surface area contributed by atoms with Crippen LogP contribution < -0.4 is 10.5 Å². The van der Waals surface area contributed by atoms with E-state index in [2.05, 4.69) is 9.97 Å². The number of anilines is 1. The fraction of sp³-hybridized carbons (Fsp3) is 0.231. The lowest BCUT2D eigenvalue weighted by atomic mass is 10.00. The number of benzene rings is 1. The molecule has 1 aliphatic rings. The fourth-order valence-electron chi connectivity index (χ4n) is 2.46. The summed E-state index contributed by atoms with van der Waals surface area (Å²) in [5.41, 5.74) is 1.12. The van der Waals surface area contributed by atoms with Crippen LogP contribution in [0.4, 0.5) is 11.5 Å². The van der Waals surface area contributed by atoms with E-state index in [4.69, 9.17) is 0 Å². The Bertz CT molecular complexity index is 726. The number of H-pyrrole nitrogens is 1. The molecule has 0 fully saturated rings. The predicted molar refractivity (Wildman–Crippen MR) is 72.7 cm³/mol. The van der Waals surface area contributed by atoms with Crippen molar-refractivity contribution in [2.24, 2.45) is 0 Å². The lowest BCUT2D eigenvalue weighted by molar-refractivity contribution is -0.385. The Labute approximate surface area is 114 Å². The number of aromatic nitrogens is 2. The summed E-state index contributed by atoms with van der Waals surface area (Å²) < 4.78 is 0. The summed E-state index contributed by atoms with van der Waals surface area (Å²) in [6.45, 7) is 1.13. The molecule has 7 heteroatoms. The Morgan fingerprint density at radius 2 is 2.05 bits per heavy atom. The molecule has 1 aromatic carbocycles. The number of hydrogen-bond acceptors (Lipinski definition) is 5. The minimum Gasteiger partial charge on any atom is -0.346 e. The van der Waals surface area contributed by atoms with Crippen molar-refractivity contribution in [3.63, 3.8) is 0 Å². The maximum absolute atomic E-state index is 11.6. The third-order valence-electron chi connectivity index (χ3n) is 3.42. The highest BCUT2D eigenvalue weighted by atomic mass is 16.6. The van der Waals surface area contributed by atoms with Crippen LogP contribution in [0.1, 0.15) is 11.1 Å². The molecule has 0 amide bonds. The highest BCUT2D eigenvalue weighted by Crippen LogP contribution is 2.27. The molecule has 1 aromatic heterocycles. The number of nitro groups is 1. The summed E-state index contributed by atoms with van der Waals surface area (Å²) >= 11 is 0. The maximum atomic E-state index is 11.6. The minimum atomic E-state index is -0.723. The van der Waals surface area contributed by atoms with Gasteiger partial charge in [-0.05, 0) is 17.5 Å². The summed E-state index contributed by atoms with van der Waals surface area (Å²) in [5.74, 6) is 0.133. The van der Waals surface area contributed by atoms with Gasteiger partial charge in [-0.15, -0.1) is 0 Å². The molecule has 0 saturated heterocycles. The molecule has 0 radical (unpaired) electrons. The molecule has 0 atom stereocenters. The summed E-state index contributed by atoms with van der Waals surface area (Å²) in [6, 6.07) is 7.94.